The van der Waals surface area contributed by atoms with Crippen molar-refractivity contribution in [2.24, 2.45) is 0 Å². The lowest BCUT2D eigenvalue weighted by Gasteiger charge is -2.24. The van der Waals surface area contributed by atoms with Crippen molar-refractivity contribution in [1.29, 1.82) is 0 Å². The Bertz CT molecular complexity index is 1630. The topological polar surface area (TPSA) is 91.9 Å². The number of nitrogens with zero attached hydrogens (tertiary/aromatic N) is 4. The average Bonchev–Trinajstić information content (AvgIpc) is 3.49. The monoisotopic (exact) mass is 586 g/mol. The zero-order chi connectivity index (χ0) is 30.3. The van der Waals surface area contributed by atoms with Gasteiger partial charge < -0.3 is 20.3 Å². The molecule has 3 aromatic carbocycles. The Labute approximate surface area is 248 Å². The van der Waals surface area contributed by atoms with Crippen LogP contribution in [0.4, 0.5) is 31.8 Å². The molecule has 1 aliphatic rings. The number of hydroxylamine groups is 1. The Morgan fingerprint density at radius 1 is 1.07 bits per heavy atom. The summed E-state index contributed by atoms with van der Waals surface area (Å²) in [5, 5.41) is 7.43. The van der Waals surface area contributed by atoms with E-state index in [-0.39, 0.29) is 23.3 Å². The fraction of sp³-hybridized carbons (Fsp3) is 0.219. The molecule has 1 amide bonds. The van der Waals surface area contributed by atoms with Gasteiger partial charge in [0.15, 0.2) is 11.6 Å². The minimum Gasteiger partial charge on any atom is -0.494 e. The van der Waals surface area contributed by atoms with E-state index in [0.29, 0.717) is 30.5 Å². The van der Waals surface area contributed by atoms with Crippen LogP contribution in [0.3, 0.4) is 0 Å². The highest BCUT2D eigenvalue weighted by molar-refractivity contribution is 6.00. The van der Waals surface area contributed by atoms with Crippen molar-refractivity contribution in [2.75, 3.05) is 50.1 Å². The summed E-state index contributed by atoms with van der Waals surface area (Å²) in [4.78, 5) is 28.9. The standard InChI is InChI=1S/C32H32F2N6O3/c1-39(2)13-6-11-32(41)38-26-18-27(29(42-3)17-25(26)34)37-30-19-31(36-20-35-30)40-28(12-14-43-40)23-9-4-7-21(15-23)22-8-5-10-24(33)16-22/h4-11,15-20,28H,12-14H2,1-3H3,(H,38,41)(H,35,36,37)/b11-6+/t28-/m1/s1. The van der Waals surface area contributed by atoms with Gasteiger partial charge in [0.05, 0.1) is 31.1 Å². The van der Waals surface area contributed by atoms with Crippen LogP contribution in [0.25, 0.3) is 11.1 Å². The Morgan fingerprint density at radius 2 is 1.86 bits per heavy atom. The molecule has 0 bridgehead atoms. The molecule has 0 radical (unpaired) electrons. The second kappa shape index (κ2) is 13.4. The number of methoxy groups -OCH3 is 1. The van der Waals surface area contributed by atoms with Gasteiger partial charge in [-0.3, -0.25) is 9.63 Å². The van der Waals surface area contributed by atoms with Crippen LogP contribution in [0.15, 0.2) is 85.2 Å². The van der Waals surface area contributed by atoms with E-state index >= 15 is 0 Å². The van der Waals surface area contributed by atoms with Gasteiger partial charge in [-0.25, -0.2) is 23.8 Å². The van der Waals surface area contributed by atoms with Gasteiger partial charge in [-0.1, -0.05) is 36.4 Å². The smallest absolute Gasteiger partial charge is 0.248 e. The Hall–Kier alpha value is -4.87. The van der Waals surface area contributed by atoms with E-state index in [4.69, 9.17) is 9.57 Å². The molecule has 2 N–H and O–H groups in total. The van der Waals surface area contributed by atoms with E-state index in [1.807, 2.05) is 49.3 Å². The third-order valence-electron chi connectivity index (χ3n) is 6.76. The first kappa shape index (κ1) is 29.6. The molecule has 2 heterocycles. The molecular weight excluding hydrogens is 554 g/mol. The highest BCUT2D eigenvalue weighted by atomic mass is 19.1. The van der Waals surface area contributed by atoms with Gasteiger partial charge in [-0.2, -0.15) is 0 Å². The van der Waals surface area contributed by atoms with E-state index in [1.165, 1.54) is 43.8 Å². The highest BCUT2D eigenvalue weighted by Crippen LogP contribution is 2.37. The van der Waals surface area contributed by atoms with Gasteiger partial charge in [0.25, 0.3) is 0 Å². The lowest BCUT2D eigenvalue weighted by molar-refractivity contribution is -0.111. The number of aromatic nitrogens is 2. The summed E-state index contributed by atoms with van der Waals surface area (Å²) >= 11 is 0. The SMILES string of the molecule is COc1cc(F)c(NC(=O)/C=C/CN(C)C)cc1Nc1cc(N2OCC[C@@H]2c2cccc(-c3cccc(F)c3)c2)ncn1. The summed E-state index contributed by atoms with van der Waals surface area (Å²) < 4.78 is 34.0. The van der Waals surface area contributed by atoms with E-state index in [1.54, 1.807) is 23.3 Å². The molecule has 9 nitrogen and oxygen atoms in total. The van der Waals surface area contributed by atoms with Crippen LogP contribution in [0.1, 0.15) is 18.0 Å². The molecule has 4 aromatic rings. The van der Waals surface area contributed by atoms with E-state index < -0.39 is 11.7 Å². The second-order valence-electron chi connectivity index (χ2n) is 10.2. The second-order valence-corrected chi connectivity index (χ2v) is 10.2. The first-order chi connectivity index (χ1) is 20.8. The molecule has 1 aliphatic heterocycles. The Morgan fingerprint density at radius 3 is 2.63 bits per heavy atom. The maximum Gasteiger partial charge on any atom is 0.248 e. The van der Waals surface area contributed by atoms with Crippen molar-refractivity contribution in [3.63, 3.8) is 0 Å². The quantitative estimate of drug-likeness (QED) is 0.215. The highest BCUT2D eigenvalue weighted by Gasteiger charge is 2.29. The normalized spacial score (nSPS) is 14.8. The number of carbonyl (C=O) groups is 1. The minimum absolute atomic E-state index is 0.0156. The van der Waals surface area contributed by atoms with Gasteiger partial charge in [-0.05, 0) is 55.1 Å². The molecule has 43 heavy (non-hydrogen) atoms. The summed E-state index contributed by atoms with van der Waals surface area (Å²) in [6.07, 6.45) is 5.16. The summed E-state index contributed by atoms with van der Waals surface area (Å²) in [7, 11) is 5.18. The van der Waals surface area contributed by atoms with E-state index in [2.05, 4.69) is 20.6 Å². The van der Waals surface area contributed by atoms with Crippen molar-refractivity contribution in [3.8, 4) is 16.9 Å². The van der Waals surface area contributed by atoms with Crippen molar-refractivity contribution in [2.45, 2.75) is 12.5 Å². The number of carbonyl (C=O) groups excluding carboxylic acids is 1. The van der Waals surface area contributed by atoms with Crippen LogP contribution in [0.5, 0.6) is 5.75 Å². The van der Waals surface area contributed by atoms with Gasteiger partial charge in [0, 0.05) is 31.2 Å². The van der Waals surface area contributed by atoms with Gasteiger partial charge in [0.2, 0.25) is 5.91 Å². The molecule has 1 atom stereocenters. The van der Waals surface area contributed by atoms with Gasteiger partial charge >= 0.3 is 0 Å². The largest absolute Gasteiger partial charge is 0.494 e. The van der Waals surface area contributed by atoms with E-state index in [0.717, 1.165) is 23.1 Å². The number of hydrogen-bond donors (Lipinski definition) is 2. The maximum absolute atomic E-state index is 14.8. The average molecular weight is 587 g/mol. The maximum atomic E-state index is 14.8. The molecule has 0 spiro atoms. The van der Waals surface area contributed by atoms with Crippen LogP contribution in [-0.4, -0.2) is 55.1 Å². The van der Waals surface area contributed by atoms with E-state index in [9.17, 15) is 13.6 Å². The molecule has 11 heteroatoms. The van der Waals surface area contributed by atoms with Crippen molar-refractivity contribution in [1.82, 2.24) is 14.9 Å². The predicted octanol–water partition coefficient (Wildman–Crippen LogP) is 6.11. The zero-order valence-electron chi connectivity index (χ0n) is 24.1. The Kier molecular flexibility index (Phi) is 9.23. The predicted molar refractivity (Wildman–Crippen MR) is 162 cm³/mol. The molecule has 1 aromatic heterocycles. The fourth-order valence-corrected chi connectivity index (χ4v) is 4.73. The molecule has 0 aliphatic carbocycles. The summed E-state index contributed by atoms with van der Waals surface area (Å²) in [5.74, 6) is -0.256. The molecule has 1 fully saturated rings. The third kappa shape index (κ3) is 7.32. The fourth-order valence-electron chi connectivity index (χ4n) is 4.73. The number of ether oxygens (including phenoxy) is 1. The van der Waals surface area contributed by atoms with Gasteiger partial charge in [0.1, 0.15) is 23.7 Å². The summed E-state index contributed by atoms with van der Waals surface area (Å²) in [5.41, 5.74) is 3.05. The number of benzene rings is 3. The number of amides is 1. The van der Waals surface area contributed by atoms with Crippen LogP contribution in [-0.2, 0) is 9.63 Å². The van der Waals surface area contributed by atoms with Crippen LogP contribution in [0.2, 0.25) is 0 Å². The zero-order valence-corrected chi connectivity index (χ0v) is 24.1. The molecule has 5 rings (SSSR count). The Balaban J connectivity index is 1.36. The van der Waals surface area contributed by atoms with Crippen LogP contribution >= 0.6 is 0 Å². The van der Waals surface area contributed by atoms with Crippen molar-refractivity contribution < 1.29 is 23.1 Å². The molecule has 0 unspecified atom stereocenters. The minimum atomic E-state index is -0.645. The van der Waals surface area contributed by atoms with Crippen LogP contribution in [0, 0.1) is 11.6 Å². The lowest BCUT2D eigenvalue weighted by atomic mass is 9.98. The molecule has 0 saturated carbocycles. The number of anilines is 4. The lowest BCUT2D eigenvalue weighted by Crippen LogP contribution is -2.22. The number of halogens is 2. The first-order valence-electron chi connectivity index (χ1n) is 13.7. The number of likely N-dealkylation sites (N-methyl/N-ethyl adjacent to an activating group) is 1. The number of nitrogens with one attached hydrogen (secondary N) is 2. The van der Waals surface area contributed by atoms with Crippen LogP contribution < -0.4 is 20.4 Å². The van der Waals surface area contributed by atoms with Gasteiger partial charge in [-0.15, -0.1) is 0 Å². The third-order valence-corrected chi connectivity index (χ3v) is 6.76. The summed E-state index contributed by atoms with van der Waals surface area (Å²) in [6, 6.07) is 18.6. The molecular formula is C32H32F2N6O3. The molecule has 1 saturated heterocycles. The van der Waals surface area contributed by atoms with Crippen molar-refractivity contribution >= 4 is 28.9 Å². The molecule has 222 valence electrons. The first-order valence-corrected chi connectivity index (χ1v) is 13.7. The number of rotatable bonds is 10. The van der Waals surface area contributed by atoms with Crippen molar-refractivity contribution in [3.05, 3.63) is 102 Å². The summed E-state index contributed by atoms with van der Waals surface area (Å²) in [6.45, 7) is 1.06. The number of hydrogen-bond acceptors (Lipinski definition) is 8.